The minimum Gasteiger partial charge on any atom is -0.465 e. The zero-order valence-corrected chi connectivity index (χ0v) is 17.2. The van der Waals surface area contributed by atoms with Crippen LogP contribution in [-0.4, -0.2) is 34.6 Å². The number of carbonyl (C=O) groups is 2. The summed E-state index contributed by atoms with van der Waals surface area (Å²) < 4.78 is 7.10. The van der Waals surface area contributed by atoms with Crippen LogP contribution in [0.2, 0.25) is 0 Å². The highest BCUT2D eigenvalue weighted by molar-refractivity contribution is 5.81. The summed E-state index contributed by atoms with van der Waals surface area (Å²) in [5.74, 6) is -0.447. The molecule has 6 heteroatoms. The van der Waals surface area contributed by atoms with Crippen LogP contribution in [0.1, 0.15) is 35.3 Å². The quantitative estimate of drug-likeness (QED) is 0.671. The molecule has 0 bridgehead atoms. The second kappa shape index (κ2) is 8.45. The van der Waals surface area contributed by atoms with E-state index < -0.39 is 5.97 Å². The zero-order chi connectivity index (χ0) is 21.1. The lowest BCUT2D eigenvalue weighted by Gasteiger charge is -2.31. The molecule has 1 atom stereocenters. The molecule has 1 aliphatic rings. The summed E-state index contributed by atoms with van der Waals surface area (Å²) in [5, 5.41) is 2.74. The number of fused-ring (bicyclic) bond motifs is 3. The maximum absolute atomic E-state index is 13.3. The molecule has 1 N–H and O–H groups in total. The van der Waals surface area contributed by atoms with Crippen LogP contribution >= 0.6 is 0 Å². The van der Waals surface area contributed by atoms with E-state index in [1.807, 2.05) is 48.7 Å². The Balaban J connectivity index is 1.79. The Morgan fingerprint density at radius 2 is 1.83 bits per heavy atom. The Kier molecular flexibility index (Phi) is 5.57. The van der Waals surface area contributed by atoms with Crippen LogP contribution in [0.15, 0.2) is 66.9 Å². The topological polar surface area (TPSA) is 63.6 Å². The number of amides is 2. The zero-order valence-electron chi connectivity index (χ0n) is 17.2. The van der Waals surface area contributed by atoms with Crippen LogP contribution in [-0.2, 0) is 16.1 Å². The number of hydrogen-bond acceptors (Lipinski definition) is 3. The van der Waals surface area contributed by atoms with Crippen molar-refractivity contribution in [3.63, 3.8) is 0 Å². The van der Waals surface area contributed by atoms with Gasteiger partial charge in [0.1, 0.15) is 12.6 Å². The van der Waals surface area contributed by atoms with E-state index in [2.05, 4.69) is 35.0 Å². The first-order chi connectivity index (χ1) is 14.6. The van der Waals surface area contributed by atoms with Crippen molar-refractivity contribution in [3.05, 3.63) is 89.2 Å². The van der Waals surface area contributed by atoms with Gasteiger partial charge in [0, 0.05) is 11.9 Å². The number of para-hydroxylation sites is 1. The van der Waals surface area contributed by atoms with Gasteiger partial charge in [-0.15, -0.1) is 0 Å². The first kappa shape index (κ1) is 19.8. The van der Waals surface area contributed by atoms with Gasteiger partial charge in [0.2, 0.25) is 0 Å². The molecule has 2 amide bonds. The van der Waals surface area contributed by atoms with Crippen LogP contribution in [0.25, 0.3) is 5.69 Å². The number of aromatic nitrogens is 1. The van der Waals surface area contributed by atoms with Crippen molar-refractivity contribution >= 4 is 12.0 Å². The van der Waals surface area contributed by atoms with Crippen molar-refractivity contribution in [2.75, 3.05) is 13.2 Å². The van der Waals surface area contributed by atoms with Gasteiger partial charge in [-0.3, -0.25) is 4.79 Å². The lowest BCUT2D eigenvalue weighted by molar-refractivity contribution is -0.141. The van der Waals surface area contributed by atoms with Gasteiger partial charge in [-0.2, -0.15) is 0 Å². The highest BCUT2D eigenvalue weighted by Gasteiger charge is 2.33. The van der Waals surface area contributed by atoms with Crippen molar-refractivity contribution in [1.29, 1.82) is 0 Å². The third-order valence-electron chi connectivity index (χ3n) is 5.40. The summed E-state index contributed by atoms with van der Waals surface area (Å²) in [6.45, 7) is 4.34. The van der Waals surface area contributed by atoms with Gasteiger partial charge in [-0.05, 0) is 48.7 Å². The monoisotopic (exact) mass is 403 g/mol. The summed E-state index contributed by atoms with van der Waals surface area (Å²) >= 11 is 0. The average Bonchev–Trinajstić information content (AvgIpc) is 3.18. The minimum atomic E-state index is -0.447. The lowest BCUT2D eigenvalue weighted by Crippen LogP contribution is -2.44. The van der Waals surface area contributed by atoms with Crippen molar-refractivity contribution in [2.45, 2.75) is 26.4 Å². The van der Waals surface area contributed by atoms with Crippen LogP contribution < -0.4 is 5.32 Å². The largest absolute Gasteiger partial charge is 0.465 e. The van der Waals surface area contributed by atoms with Gasteiger partial charge in [-0.25, -0.2) is 4.79 Å². The van der Waals surface area contributed by atoms with E-state index >= 15 is 0 Å². The highest BCUT2D eigenvalue weighted by Crippen LogP contribution is 2.37. The second-order valence-electron chi connectivity index (χ2n) is 7.28. The number of carbonyl (C=O) groups excluding carboxylic acids is 2. The molecule has 2 aromatic carbocycles. The number of esters is 1. The summed E-state index contributed by atoms with van der Waals surface area (Å²) in [6.07, 6.45) is 2.03. The third-order valence-corrected chi connectivity index (χ3v) is 5.40. The van der Waals surface area contributed by atoms with Crippen molar-refractivity contribution < 1.29 is 14.3 Å². The van der Waals surface area contributed by atoms with E-state index in [0.717, 1.165) is 28.1 Å². The van der Waals surface area contributed by atoms with Crippen LogP contribution in [0.4, 0.5) is 4.79 Å². The van der Waals surface area contributed by atoms with Gasteiger partial charge in [-0.1, -0.05) is 42.5 Å². The molecule has 30 heavy (non-hydrogen) atoms. The molecule has 1 aliphatic heterocycles. The normalized spacial score (nSPS) is 15.0. The number of nitrogens with zero attached hydrogens (tertiary/aromatic N) is 2. The number of urea groups is 1. The van der Waals surface area contributed by atoms with E-state index in [0.29, 0.717) is 6.54 Å². The van der Waals surface area contributed by atoms with Gasteiger partial charge < -0.3 is 19.5 Å². The molecule has 0 radical (unpaired) electrons. The van der Waals surface area contributed by atoms with Crippen molar-refractivity contribution in [1.82, 2.24) is 14.8 Å². The Labute approximate surface area is 176 Å². The molecule has 3 aromatic rings. The number of aryl methyl sites for hydroxylation is 1. The Bertz CT molecular complexity index is 1070. The van der Waals surface area contributed by atoms with Crippen molar-refractivity contribution in [2.24, 2.45) is 0 Å². The Morgan fingerprint density at radius 3 is 2.63 bits per heavy atom. The number of rotatable bonds is 4. The van der Waals surface area contributed by atoms with Crippen molar-refractivity contribution in [3.8, 4) is 5.69 Å². The van der Waals surface area contributed by atoms with E-state index in [9.17, 15) is 9.59 Å². The molecule has 2 heterocycles. The molecular formula is C24H25N3O3. The molecule has 0 saturated carbocycles. The standard InChI is InChI=1S/C24H25N3O3/c1-3-30-22(28)15-25-24(29)27-16-18-10-5-7-12-20(18)26-14-8-13-21(26)23(27)19-11-6-4-9-17(19)2/h4-14,23H,3,15-16H2,1-2H3,(H,25,29)/t23-/m1/s1. The first-order valence-corrected chi connectivity index (χ1v) is 10.1. The average molecular weight is 403 g/mol. The fraction of sp³-hybridized carbons (Fsp3) is 0.250. The molecule has 0 fully saturated rings. The fourth-order valence-electron chi connectivity index (χ4n) is 4.02. The van der Waals surface area contributed by atoms with E-state index in [1.165, 1.54) is 0 Å². The summed E-state index contributed by atoms with van der Waals surface area (Å²) in [4.78, 5) is 26.9. The molecule has 6 nitrogen and oxygen atoms in total. The van der Waals surface area contributed by atoms with E-state index in [4.69, 9.17) is 4.74 Å². The molecule has 154 valence electrons. The maximum atomic E-state index is 13.3. The molecule has 0 saturated heterocycles. The highest BCUT2D eigenvalue weighted by atomic mass is 16.5. The lowest BCUT2D eigenvalue weighted by atomic mass is 9.97. The fourth-order valence-corrected chi connectivity index (χ4v) is 4.02. The summed E-state index contributed by atoms with van der Waals surface area (Å²) in [5.41, 5.74) is 5.25. The number of benzene rings is 2. The molecule has 0 aliphatic carbocycles. The summed E-state index contributed by atoms with van der Waals surface area (Å²) in [7, 11) is 0. The minimum absolute atomic E-state index is 0.160. The Hall–Kier alpha value is -3.54. The molecule has 0 unspecified atom stereocenters. The van der Waals surface area contributed by atoms with Crippen LogP contribution in [0.3, 0.4) is 0 Å². The predicted octanol–water partition coefficient (Wildman–Crippen LogP) is 3.96. The smallest absolute Gasteiger partial charge is 0.325 e. The van der Waals surface area contributed by atoms with Gasteiger partial charge in [0.25, 0.3) is 0 Å². The molecule has 1 aromatic heterocycles. The Morgan fingerprint density at radius 1 is 1.07 bits per heavy atom. The van der Waals surface area contributed by atoms with Gasteiger partial charge >= 0.3 is 12.0 Å². The van der Waals surface area contributed by atoms with E-state index in [-0.39, 0.29) is 25.2 Å². The van der Waals surface area contributed by atoms with Crippen LogP contribution in [0, 0.1) is 6.92 Å². The SMILES string of the molecule is CCOC(=O)CNC(=O)N1Cc2ccccc2-n2cccc2[C@H]1c1ccccc1C. The molecule has 0 spiro atoms. The first-order valence-electron chi connectivity index (χ1n) is 10.1. The van der Waals surface area contributed by atoms with Crippen LogP contribution in [0.5, 0.6) is 0 Å². The predicted molar refractivity (Wildman–Crippen MR) is 114 cm³/mol. The summed E-state index contributed by atoms with van der Waals surface area (Å²) in [6, 6.07) is 19.6. The maximum Gasteiger partial charge on any atom is 0.325 e. The number of hydrogen-bond donors (Lipinski definition) is 1. The van der Waals surface area contributed by atoms with E-state index in [1.54, 1.807) is 11.8 Å². The second-order valence-corrected chi connectivity index (χ2v) is 7.28. The molecule has 4 rings (SSSR count). The molecular weight excluding hydrogens is 378 g/mol. The number of nitrogens with one attached hydrogen (secondary N) is 1. The number of ether oxygens (including phenoxy) is 1. The van der Waals surface area contributed by atoms with Gasteiger partial charge in [0.05, 0.1) is 18.8 Å². The third kappa shape index (κ3) is 3.68. The van der Waals surface area contributed by atoms with Gasteiger partial charge in [0.15, 0.2) is 0 Å².